The summed E-state index contributed by atoms with van der Waals surface area (Å²) in [5.41, 5.74) is 2.57. The molecular weight excluding hydrogens is 296 g/mol. The van der Waals surface area contributed by atoms with Crippen molar-refractivity contribution in [1.82, 2.24) is 10.6 Å². The Bertz CT molecular complexity index is 542. The van der Waals surface area contributed by atoms with Crippen LogP contribution in [0.3, 0.4) is 0 Å². The number of benzene rings is 1. The summed E-state index contributed by atoms with van der Waals surface area (Å²) in [5.74, 6) is 0.882. The molecule has 2 rings (SSSR count). The van der Waals surface area contributed by atoms with Crippen molar-refractivity contribution in [2.24, 2.45) is 4.99 Å². The lowest BCUT2D eigenvalue weighted by Gasteiger charge is -2.20. The Kier molecular flexibility index (Phi) is 7.66. The number of guanidine groups is 1. The van der Waals surface area contributed by atoms with Gasteiger partial charge in [-0.05, 0) is 31.0 Å². The molecule has 24 heavy (non-hydrogen) atoms. The third-order valence-electron chi connectivity index (χ3n) is 4.40. The van der Waals surface area contributed by atoms with Crippen molar-refractivity contribution in [2.45, 2.75) is 52.1 Å². The molecule has 1 aliphatic heterocycles. The van der Waals surface area contributed by atoms with E-state index in [1.54, 1.807) is 0 Å². The zero-order valence-electron chi connectivity index (χ0n) is 15.4. The molecule has 1 heterocycles. The van der Waals surface area contributed by atoms with Gasteiger partial charge < -0.3 is 15.5 Å². The van der Waals surface area contributed by atoms with Gasteiger partial charge in [-0.25, -0.2) is 0 Å². The van der Waals surface area contributed by atoms with Crippen molar-refractivity contribution >= 4 is 11.6 Å². The summed E-state index contributed by atoms with van der Waals surface area (Å²) in [6.45, 7) is 7.27. The highest BCUT2D eigenvalue weighted by atomic mass is 15.2. The molecule has 1 aliphatic rings. The third-order valence-corrected chi connectivity index (χ3v) is 4.40. The maximum Gasteiger partial charge on any atom is 0.191 e. The van der Waals surface area contributed by atoms with E-state index < -0.39 is 0 Å². The Morgan fingerprint density at radius 1 is 1.25 bits per heavy atom. The van der Waals surface area contributed by atoms with Crippen molar-refractivity contribution in [3.63, 3.8) is 0 Å². The molecule has 4 nitrogen and oxygen atoms in total. The van der Waals surface area contributed by atoms with E-state index in [1.807, 2.05) is 7.05 Å². The molecule has 1 atom stereocenters. The average molecular weight is 329 g/mol. The molecule has 0 saturated heterocycles. The summed E-state index contributed by atoms with van der Waals surface area (Å²) < 4.78 is 0. The second kappa shape index (κ2) is 10.0. The van der Waals surface area contributed by atoms with Gasteiger partial charge in [-0.15, -0.1) is 0 Å². The summed E-state index contributed by atoms with van der Waals surface area (Å²) in [6, 6.07) is 9.19. The first kappa shape index (κ1) is 18.4. The molecule has 132 valence electrons. The normalized spacial score (nSPS) is 15.6. The number of hydrogen-bond acceptors (Lipinski definition) is 2. The molecule has 0 saturated carbocycles. The molecule has 4 heteroatoms. The van der Waals surface area contributed by atoms with Gasteiger partial charge in [0.1, 0.15) is 0 Å². The van der Waals surface area contributed by atoms with Crippen LogP contribution < -0.4 is 15.5 Å². The first-order chi connectivity index (χ1) is 11.7. The van der Waals surface area contributed by atoms with Crippen LogP contribution in [0, 0.1) is 0 Å². The molecule has 0 fully saturated rings. The fourth-order valence-corrected chi connectivity index (χ4v) is 2.94. The molecular formula is C20H32N4. The molecule has 1 unspecified atom stereocenters. The fraction of sp³-hybridized carbons (Fsp3) is 0.550. The molecule has 1 aromatic rings. The minimum absolute atomic E-state index is 0.449. The van der Waals surface area contributed by atoms with E-state index in [0.29, 0.717) is 6.04 Å². The van der Waals surface area contributed by atoms with Gasteiger partial charge >= 0.3 is 0 Å². The Morgan fingerprint density at radius 3 is 2.75 bits per heavy atom. The lowest BCUT2D eigenvalue weighted by molar-refractivity contribution is 0.546. The summed E-state index contributed by atoms with van der Waals surface area (Å²) in [4.78, 5) is 6.71. The van der Waals surface area contributed by atoms with Crippen LogP contribution >= 0.6 is 0 Å². The van der Waals surface area contributed by atoms with Crippen molar-refractivity contribution in [1.29, 1.82) is 0 Å². The minimum Gasteiger partial charge on any atom is -0.364 e. The first-order valence-electron chi connectivity index (χ1n) is 9.19. The Morgan fingerprint density at radius 2 is 2.04 bits per heavy atom. The fourth-order valence-electron chi connectivity index (χ4n) is 2.94. The molecule has 0 amide bonds. The third kappa shape index (κ3) is 5.91. The highest BCUT2D eigenvalue weighted by Gasteiger charge is 2.09. The molecule has 0 aliphatic carbocycles. The maximum atomic E-state index is 4.35. The molecule has 0 aromatic heterocycles. The van der Waals surface area contributed by atoms with Crippen molar-refractivity contribution in [3.8, 4) is 0 Å². The Hall–Kier alpha value is -1.97. The molecule has 0 radical (unpaired) electrons. The zero-order valence-corrected chi connectivity index (χ0v) is 15.4. The highest BCUT2D eigenvalue weighted by molar-refractivity contribution is 5.79. The van der Waals surface area contributed by atoms with Gasteiger partial charge in [0.15, 0.2) is 5.96 Å². The number of unbranched alkanes of at least 4 members (excludes halogenated alkanes) is 2. The van der Waals surface area contributed by atoms with E-state index in [1.165, 1.54) is 36.9 Å². The van der Waals surface area contributed by atoms with Gasteiger partial charge in [0.05, 0.1) is 0 Å². The van der Waals surface area contributed by atoms with Crippen molar-refractivity contribution in [3.05, 3.63) is 42.0 Å². The van der Waals surface area contributed by atoms with Crippen molar-refractivity contribution < 1.29 is 0 Å². The number of aliphatic imine (C=N–C) groups is 1. The van der Waals surface area contributed by atoms with Crippen LogP contribution in [-0.4, -0.2) is 32.1 Å². The van der Waals surface area contributed by atoms with E-state index in [4.69, 9.17) is 0 Å². The van der Waals surface area contributed by atoms with Gasteiger partial charge in [-0.3, -0.25) is 4.99 Å². The van der Waals surface area contributed by atoms with Crippen LogP contribution in [0.15, 0.2) is 41.4 Å². The van der Waals surface area contributed by atoms with E-state index in [2.05, 4.69) is 70.8 Å². The van der Waals surface area contributed by atoms with E-state index >= 15 is 0 Å². The minimum atomic E-state index is 0.449. The maximum absolute atomic E-state index is 4.35. The molecule has 1 aromatic carbocycles. The van der Waals surface area contributed by atoms with Crippen LogP contribution in [0.4, 0.5) is 5.69 Å². The van der Waals surface area contributed by atoms with Crippen LogP contribution in [0.1, 0.15) is 45.1 Å². The predicted octanol–water partition coefficient (Wildman–Crippen LogP) is 3.70. The molecule has 0 spiro atoms. The average Bonchev–Trinajstić information content (AvgIpc) is 3.14. The van der Waals surface area contributed by atoms with Gasteiger partial charge in [-0.2, -0.15) is 0 Å². The molecule has 2 N–H and O–H groups in total. The number of rotatable bonds is 8. The number of hydrogen-bond donors (Lipinski definition) is 2. The first-order valence-corrected chi connectivity index (χ1v) is 9.19. The zero-order chi connectivity index (χ0) is 17.2. The summed E-state index contributed by atoms with van der Waals surface area (Å²) in [6.07, 6.45) is 9.46. The molecule has 0 bridgehead atoms. The largest absolute Gasteiger partial charge is 0.364 e. The highest BCUT2D eigenvalue weighted by Crippen LogP contribution is 2.18. The van der Waals surface area contributed by atoms with Crippen LogP contribution in [-0.2, 0) is 6.54 Å². The van der Waals surface area contributed by atoms with E-state index in [9.17, 15) is 0 Å². The predicted molar refractivity (Wildman–Crippen MR) is 105 cm³/mol. The SMILES string of the molecule is CCCCCC(C)NC(=NC)NCc1cccc(N2CC=CC2)c1. The van der Waals surface area contributed by atoms with Crippen LogP contribution in [0.25, 0.3) is 0 Å². The van der Waals surface area contributed by atoms with Gasteiger partial charge in [0.25, 0.3) is 0 Å². The summed E-state index contributed by atoms with van der Waals surface area (Å²) in [5, 5.41) is 6.91. The van der Waals surface area contributed by atoms with Gasteiger partial charge in [0.2, 0.25) is 0 Å². The van der Waals surface area contributed by atoms with E-state index in [-0.39, 0.29) is 0 Å². The second-order valence-electron chi connectivity index (χ2n) is 6.51. The smallest absolute Gasteiger partial charge is 0.191 e. The standard InChI is InChI=1S/C20H32N4/c1-4-5-6-10-17(2)23-20(21-3)22-16-18-11-9-12-19(15-18)24-13-7-8-14-24/h7-9,11-12,15,17H,4-6,10,13-14,16H2,1-3H3,(H2,21,22,23). The summed E-state index contributed by atoms with van der Waals surface area (Å²) in [7, 11) is 1.83. The van der Waals surface area contributed by atoms with Crippen molar-refractivity contribution in [2.75, 3.05) is 25.0 Å². The Labute approximate surface area is 147 Å². The van der Waals surface area contributed by atoms with Gasteiger partial charge in [0, 0.05) is 38.4 Å². The Balaban J connectivity index is 1.81. The number of nitrogens with zero attached hydrogens (tertiary/aromatic N) is 2. The van der Waals surface area contributed by atoms with Gasteiger partial charge in [-0.1, -0.05) is 50.5 Å². The van der Waals surface area contributed by atoms with E-state index in [0.717, 1.165) is 25.6 Å². The van der Waals surface area contributed by atoms with Crippen LogP contribution in [0.5, 0.6) is 0 Å². The number of nitrogens with one attached hydrogen (secondary N) is 2. The quantitative estimate of drug-likeness (QED) is 0.331. The summed E-state index contributed by atoms with van der Waals surface area (Å²) >= 11 is 0. The second-order valence-corrected chi connectivity index (χ2v) is 6.51. The monoisotopic (exact) mass is 328 g/mol. The van der Waals surface area contributed by atoms with Crippen LogP contribution in [0.2, 0.25) is 0 Å². The lowest BCUT2D eigenvalue weighted by atomic mass is 10.1. The lowest BCUT2D eigenvalue weighted by Crippen LogP contribution is -2.41. The topological polar surface area (TPSA) is 39.7 Å². The number of anilines is 1.